The minimum absolute atomic E-state index is 0.0310. The van der Waals surface area contributed by atoms with Crippen LogP contribution >= 0.6 is 46.4 Å². The Hall–Kier alpha value is -3.76. The highest BCUT2D eigenvalue weighted by Gasteiger charge is 2.29. The van der Waals surface area contributed by atoms with Gasteiger partial charge in [-0.25, -0.2) is 8.42 Å². The van der Waals surface area contributed by atoms with E-state index in [2.05, 4.69) is 5.32 Å². The molecule has 0 aliphatic heterocycles. The first kappa shape index (κ1) is 33.6. The van der Waals surface area contributed by atoms with E-state index in [0.717, 1.165) is 17.2 Å². The van der Waals surface area contributed by atoms with E-state index in [0.29, 0.717) is 16.7 Å². The summed E-state index contributed by atoms with van der Waals surface area (Å²) in [6, 6.07) is 29.4. The molecular formula is C34H26Cl4N2O5S. The second-order valence-corrected chi connectivity index (χ2v) is 14.0. The van der Waals surface area contributed by atoms with Gasteiger partial charge >= 0.3 is 0 Å². The fraction of sp³-hybridized carbons (Fsp3) is 0.0882. The summed E-state index contributed by atoms with van der Waals surface area (Å²) in [6.07, 6.45) is 0. The summed E-state index contributed by atoms with van der Waals surface area (Å²) in [5, 5.41) is 23.6. The van der Waals surface area contributed by atoms with E-state index < -0.39 is 26.6 Å². The molecule has 236 valence electrons. The lowest BCUT2D eigenvalue weighted by Crippen LogP contribution is -2.30. The van der Waals surface area contributed by atoms with Crippen molar-refractivity contribution in [2.24, 2.45) is 0 Å². The molecule has 5 rings (SSSR count). The van der Waals surface area contributed by atoms with Crippen molar-refractivity contribution in [2.45, 2.75) is 24.5 Å². The molecule has 0 radical (unpaired) electrons. The number of nitrogens with zero attached hydrogens (tertiary/aromatic N) is 1. The number of aromatic hydroxyl groups is 2. The van der Waals surface area contributed by atoms with E-state index in [4.69, 9.17) is 46.4 Å². The molecule has 3 N–H and O–H groups in total. The number of nitrogens with one attached hydrogen (secondary N) is 1. The van der Waals surface area contributed by atoms with Crippen molar-refractivity contribution < 1.29 is 23.4 Å². The molecule has 1 amide bonds. The molecule has 0 aliphatic rings. The lowest BCUT2D eigenvalue weighted by molar-refractivity contribution is 0.0948. The third kappa shape index (κ3) is 7.78. The number of hydrogen-bond acceptors (Lipinski definition) is 5. The fourth-order valence-corrected chi connectivity index (χ4v) is 7.45. The molecule has 0 aliphatic carbocycles. The third-order valence-corrected chi connectivity index (χ3v) is 9.92. The largest absolute Gasteiger partial charge is 0.506 e. The maximum Gasteiger partial charge on any atom is 0.255 e. The SMILES string of the molecule is O=C(NCc1cccc(CN(Cc2ccc(-c3ccccc3)cc2)S(=O)(=O)c2cc(Cl)cc(Cl)c2O)c1)c1cc(Cl)cc(Cl)c1O. The monoisotopic (exact) mass is 714 g/mol. The summed E-state index contributed by atoms with van der Waals surface area (Å²) < 4.78 is 29.3. The normalized spacial score (nSPS) is 11.5. The van der Waals surface area contributed by atoms with Gasteiger partial charge in [0.15, 0.2) is 5.75 Å². The maximum absolute atomic E-state index is 14.0. The molecule has 7 nitrogen and oxygen atoms in total. The molecule has 12 heteroatoms. The Morgan fingerprint density at radius 3 is 1.93 bits per heavy atom. The van der Waals surface area contributed by atoms with Crippen LogP contribution in [0.1, 0.15) is 27.0 Å². The van der Waals surface area contributed by atoms with Crippen LogP contribution in [-0.2, 0) is 29.7 Å². The van der Waals surface area contributed by atoms with Gasteiger partial charge in [0.05, 0.1) is 15.6 Å². The predicted molar refractivity (Wildman–Crippen MR) is 182 cm³/mol. The highest BCUT2D eigenvalue weighted by atomic mass is 35.5. The van der Waals surface area contributed by atoms with Crippen molar-refractivity contribution >= 4 is 62.3 Å². The topological polar surface area (TPSA) is 107 Å². The van der Waals surface area contributed by atoms with Gasteiger partial charge in [-0.1, -0.05) is 125 Å². The fourth-order valence-electron chi connectivity index (χ4n) is 4.80. The molecule has 5 aromatic carbocycles. The van der Waals surface area contributed by atoms with Crippen LogP contribution in [0, 0.1) is 0 Å². The van der Waals surface area contributed by atoms with Crippen LogP contribution in [0.25, 0.3) is 11.1 Å². The van der Waals surface area contributed by atoms with Gasteiger partial charge in [0, 0.05) is 29.7 Å². The first-order valence-corrected chi connectivity index (χ1v) is 16.7. The average Bonchev–Trinajstić information content (AvgIpc) is 3.04. The summed E-state index contributed by atoms with van der Waals surface area (Å²) in [5.74, 6) is -1.58. The second kappa shape index (κ2) is 14.3. The Balaban J connectivity index is 1.42. The number of benzene rings is 5. The van der Waals surface area contributed by atoms with Crippen LogP contribution in [0.3, 0.4) is 0 Å². The number of halogens is 4. The molecule has 0 atom stereocenters. The number of sulfonamides is 1. The molecule has 0 bridgehead atoms. The van der Waals surface area contributed by atoms with Crippen LogP contribution in [0.15, 0.2) is 108 Å². The molecule has 0 saturated carbocycles. The Morgan fingerprint density at radius 1 is 0.652 bits per heavy atom. The first-order valence-electron chi connectivity index (χ1n) is 13.8. The van der Waals surface area contributed by atoms with E-state index in [1.165, 1.54) is 22.5 Å². The van der Waals surface area contributed by atoms with E-state index in [9.17, 15) is 23.4 Å². The number of amides is 1. The zero-order valence-electron chi connectivity index (χ0n) is 23.9. The summed E-state index contributed by atoms with van der Waals surface area (Å²) in [6.45, 7) is -0.0514. The Kier molecular flexibility index (Phi) is 10.5. The molecular weight excluding hydrogens is 690 g/mol. The first-order chi connectivity index (χ1) is 21.9. The van der Waals surface area contributed by atoms with E-state index in [1.807, 2.05) is 54.6 Å². The van der Waals surface area contributed by atoms with Crippen molar-refractivity contribution in [1.82, 2.24) is 9.62 Å². The number of carbonyl (C=O) groups is 1. The number of rotatable bonds is 10. The van der Waals surface area contributed by atoms with Crippen LogP contribution in [0.2, 0.25) is 20.1 Å². The lowest BCUT2D eigenvalue weighted by atomic mass is 10.0. The predicted octanol–water partition coefficient (Wildman–Crippen LogP) is 8.70. The second-order valence-electron chi connectivity index (χ2n) is 10.4. The van der Waals surface area contributed by atoms with Gasteiger partial charge in [0.25, 0.3) is 5.91 Å². The van der Waals surface area contributed by atoms with Gasteiger partial charge in [0.1, 0.15) is 10.6 Å². The van der Waals surface area contributed by atoms with E-state index in [-0.39, 0.29) is 51.0 Å². The molecule has 5 aromatic rings. The number of hydrogen-bond donors (Lipinski definition) is 3. The maximum atomic E-state index is 14.0. The molecule has 46 heavy (non-hydrogen) atoms. The average molecular weight is 716 g/mol. The van der Waals surface area contributed by atoms with Crippen molar-refractivity contribution in [3.8, 4) is 22.6 Å². The molecule has 0 aromatic heterocycles. The zero-order chi connectivity index (χ0) is 33.0. The van der Waals surface area contributed by atoms with Gasteiger partial charge in [-0.3, -0.25) is 4.79 Å². The minimum Gasteiger partial charge on any atom is -0.506 e. The quantitative estimate of drug-likeness (QED) is 0.134. The van der Waals surface area contributed by atoms with Gasteiger partial charge in [0.2, 0.25) is 10.0 Å². The summed E-state index contributed by atoms with van der Waals surface area (Å²) in [7, 11) is -4.33. The number of phenols is 2. The van der Waals surface area contributed by atoms with Gasteiger partial charge < -0.3 is 15.5 Å². The Bertz CT molecular complexity index is 2010. The van der Waals surface area contributed by atoms with Crippen molar-refractivity contribution in [3.63, 3.8) is 0 Å². The van der Waals surface area contributed by atoms with Crippen molar-refractivity contribution in [2.75, 3.05) is 0 Å². The van der Waals surface area contributed by atoms with E-state index >= 15 is 0 Å². The molecule has 0 heterocycles. The molecule has 0 unspecified atom stereocenters. The summed E-state index contributed by atoms with van der Waals surface area (Å²) >= 11 is 24.2. The van der Waals surface area contributed by atoms with Gasteiger partial charge in [-0.15, -0.1) is 0 Å². The molecule has 0 spiro atoms. The number of phenolic OH excluding ortho intramolecular Hbond substituents is 2. The van der Waals surface area contributed by atoms with Crippen LogP contribution < -0.4 is 5.32 Å². The third-order valence-electron chi connectivity index (χ3n) is 7.11. The standard InChI is InChI=1S/C34H26Cl4N2O5S/c35-26-14-28(32(41)29(37)15-26)34(43)39-18-22-5-4-6-23(13-22)20-40(46(44,45)31-17-27(36)16-30(38)33(31)42)19-21-9-11-25(12-10-21)24-7-2-1-3-8-24/h1-17,41-42H,18-20H2,(H,39,43). The van der Waals surface area contributed by atoms with E-state index in [1.54, 1.807) is 24.3 Å². The zero-order valence-corrected chi connectivity index (χ0v) is 27.8. The minimum atomic E-state index is -4.33. The van der Waals surface area contributed by atoms with Crippen LogP contribution in [0.5, 0.6) is 11.5 Å². The highest BCUT2D eigenvalue weighted by molar-refractivity contribution is 7.89. The van der Waals surface area contributed by atoms with Gasteiger partial charge in [-0.2, -0.15) is 4.31 Å². The van der Waals surface area contributed by atoms with Crippen LogP contribution in [-0.4, -0.2) is 28.8 Å². The Morgan fingerprint density at radius 2 is 1.24 bits per heavy atom. The highest BCUT2D eigenvalue weighted by Crippen LogP contribution is 2.37. The summed E-state index contributed by atoms with van der Waals surface area (Å²) in [4.78, 5) is 12.4. The van der Waals surface area contributed by atoms with Crippen molar-refractivity contribution in [3.05, 3.63) is 145 Å². The smallest absolute Gasteiger partial charge is 0.255 e. The Labute approximate surface area is 286 Å². The van der Waals surface area contributed by atoms with Crippen molar-refractivity contribution in [1.29, 1.82) is 0 Å². The molecule has 0 saturated heterocycles. The van der Waals surface area contributed by atoms with Crippen LogP contribution in [0.4, 0.5) is 0 Å². The summed E-state index contributed by atoms with van der Waals surface area (Å²) in [5.41, 5.74) is 3.90. The lowest BCUT2D eigenvalue weighted by Gasteiger charge is -2.24. The van der Waals surface area contributed by atoms with Gasteiger partial charge in [-0.05, 0) is 52.1 Å². The number of carbonyl (C=O) groups excluding carboxylic acids is 1. The molecule has 0 fully saturated rings.